The van der Waals surface area contributed by atoms with Crippen molar-refractivity contribution < 1.29 is 0 Å². The molecule has 0 aliphatic heterocycles. The van der Waals surface area contributed by atoms with Gasteiger partial charge in [0.25, 0.3) is 0 Å². The van der Waals surface area contributed by atoms with E-state index in [0.717, 1.165) is 11.4 Å². The van der Waals surface area contributed by atoms with E-state index in [1.54, 1.807) is 0 Å². The van der Waals surface area contributed by atoms with Crippen LogP contribution < -0.4 is 0 Å². The molecule has 0 saturated carbocycles. The highest BCUT2D eigenvalue weighted by Gasteiger charge is 2.52. The van der Waals surface area contributed by atoms with Crippen LogP contribution in [-0.4, -0.2) is 9.97 Å². The zero-order chi connectivity index (χ0) is 17.3. The maximum atomic E-state index is 4.73. The molecule has 2 aromatic heterocycles. The topological polar surface area (TPSA) is 25.8 Å². The Labute approximate surface area is 152 Å². The average molecular weight is 332 g/mol. The van der Waals surface area contributed by atoms with E-state index in [-0.39, 0.29) is 5.41 Å². The lowest BCUT2D eigenvalue weighted by Crippen LogP contribution is -2.26. The number of rotatable bonds is 0. The van der Waals surface area contributed by atoms with Gasteiger partial charge in [0, 0.05) is 12.4 Å². The van der Waals surface area contributed by atoms with Gasteiger partial charge in [0.1, 0.15) is 0 Å². The number of hydrogen-bond donors (Lipinski definition) is 0. The van der Waals surface area contributed by atoms with Crippen molar-refractivity contribution in [1.82, 2.24) is 9.97 Å². The Balaban J connectivity index is 1.88. The quantitative estimate of drug-likeness (QED) is 0.385. The minimum absolute atomic E-state index is 0.314. The standard InChI is InChI=1S/C24H16N2/c1-15-10-11-17-16-6-2-3-7-18(16)24(21(17)14-15)19-8-4-12-25-22(19)23-20(24)9-5-13-26-23/h2-14H,1H3. The Hall–Kier alpha value is -3.26. The van der Waals surface area contributed by atoms with E-state index < -0.39 is 0 Å². The lowest BCUT2D eigenvalue weighted by molar-refractivity contribution is 0.788. The number of benzene rings is 2. The van der Waals surface area contributed by atoms with E-state index in [1.165, 1.54) is 38.9 Å². The summed E-state index contributed by atoms with van der Waals surface area (Å²) < 4.78 is 0. The minimum Gasteiger partial charge on any atom is -0.254 e. The number of aryl methyl sites for hydroxylation is 1. The Morgan fingerprint density at radius 3 is 1.96 bits per heavy atom. The Kier molecular flexibility index (Phi) is 2.51. The third-order valence-corrected chi connectivity index (χ3v) is 5.85. The maximum absolute atomic E-state index is 4.73. The second-order valence-electron chi connectivity index (χ2n) is 7.14. The third-order valence-electron chi connectivity index (χ3n) is 5.85. The van der Waals surface area contributed by atoms with Gasteiger partial charge in [-0.25, -0.2) is 0 Å². The molecule has 2 nitrogen and oxygen atoms in total. The van der Waals surface area contributed by atoms with Crippen LogP contribution in [0.15, 0.2) is 79.1 Å². The first-order valence-electron chi connectivity index (χ1n) is 8.94. The molecule has 1 spiro atoms. The lowest BCUT2D eigenvalue weighted by Gasteiger charge is -2.29. The predicted octanol–water partition coefficient (Wildman–Crippen LogP) is 5.13. The molecular formula is C24H16N2. The van der Waals surface area contributed by atoms with Crippen LogP contribution in [0.3, 0.4) is 0 Å². The van der Waals surface area contributed by atoms with E-state index in [1.807, 2.05) is 24.5 Å². The normalized spacial score (nSPS) is 14.7. The van der Waals surface area contributed by atoms with Gasteiger partial charge in [0.2, 0.25) is 0 Å². The molecule has 4 aromatic rings. The van der Waals surface area contributed by atoms with Gasteiger partial charge in [-0.15, -0.1) is 0 Å². The van der Waals surface area contributed by atoms with Gasteiger partial charge in [-0.05, 0) is 52.4 Å². The van der Waals surface area contributed by atoms with E-state index in [0.29, 0.717) is 0 Å². The molecule has 2 heterocycles. The summed E-state index contributed by atoms with van der Waals surface area (Å²) in [4.78, 5) is 9.45. The number of aromatic nitrogens is 2. The Morgan fingerprint density at radius 1 is 0.615 bits per heavy atom. The number of nitrogens with zero attached hydrogens (tertiary/aromatic N) is 2. The average Bonchev–Trinajstić information content (AvgIpc) is 3.15. The lowest BCUT2D eigenvalue weighted by atomic mass is 9.71. The Bertz CT molecular complexity index is 1140. The SMILES string of the molecule is Cc1ccc2c(c1)C1(c3ccccc3-2)c2cccnc2-c2ncccc21. The molecule has 0 N–H and O–H groups in total. The molecule has 2 aliphatic carbocycles. The second-order valence-corrected chi connectivity index (χ2v) is 7.14. The van der Waals surface area contributed by atoms with Crippen molar-refractivity contribution in [2.75, 3.05) is 0 Å². The summed E-state index contributed by atoms with van der Waals surface area (Å²) in [6.07, 6.45) is 3.74. The molecule has 0 fully saturated rings. The van der Waals surface area contributed by atoms with Crippen molar-refractivity contribution in [1.29, 1.82) is 0 Å². The molecule has 0 radical (unpaired) electrons. The van der Waals surface area contributed by atoms with Crippen LogP contribution in [0.1, 0.15) is 27.8 Å². The number of pyridine rings is 2. The van der Waals surface area contributed by atoms with Crippen molar-refractivity contribution in [2.45, 2.75) is 12.3 Å². The molecule has 2 aromatic carbocycles. The molecule has 26 heavy (non-hydrogen) atoms. The zero-order valence-corrected chi connectivity index (χ0v) is 14.4. The van der Waals surface area contributed by atoms with Gasteiger partial charge in [0.05, 0.1) is 16.8 Å². The molecule has 0 unspecified atom stereocenters. The molecule has 2 aliphatic rings. The first kappa shape index (κ1) is 14.0. The predicted molar refractivity (Wildman–Crippen MR) is 103 cm³/mol. The van der Waals surface area contributed by atoms with Gasteiger partial charge in [-0.1, -0.05) is 60.2 Å². The van der Waals surface area contributed by atoms with Gasteiger partial charge in [0.15, 0.2) is 0 Å². The molecule has 2 heteroatoms. The molecule has 6 rings (SSSR count). The van der Waals surface area contributed by atoms with Crippen LogP contribution in [0.25, 0.3) is 22.5 Å². The second kappa shape index (κ2) is 4.67. The van der Waals surface area contributed by atoms with E-state index in [2.05, 4.69) is 61.5 Å². The highest BCUT2D eigenvalue weighted by molar-refractivity contribution is 5.92. The molecule has 0 bridgehead atoms. The fourth-order valence-electron chi connectivity index (χ4n) is 4.91. The van der Waals surface area contributed by atoms with Crippen LogP contribution in [0, 0.1) is 6.92 Å². The van der Waals surface area contributed by atoms with Crippen molar-refractivity contribution >= 4 is 0 Å². The largest absolute Gasteiger partial charge is 0.254 e. The van der Waals surface area contributed by atoms with Gasteiger partial charge in [-0.3, -0.25) is 9.97 Å². The first-order chi connectivity index (χ1) is 12.8. The fourth-order valence-corrected chi connectivity index (χ4v) is 4.91. The first-order valence-corrected chi connectivity index (χ1v) is 8.94. The van der Waals surface area contributed by atoms with E-state index >= 15 is 0 Å². The number of hydrogen-bond acceptors (Lipinski definition) is 2. The van der Waals surface area contributed by atoms with Crippen molar-refractivity contribution in [3.05, 3.63) is 107 Å². The van der Waals surface area contributed by atoms with Crippen LogP contribution in [0.4, 0.5) is 0 Å². The zero-order valence-electron chi connectivity index (χ0n) is 14.4. The fraction of sp³-hybridized carbons (Fsp3) is 0.0833. The number of fused-ring (bicyclic) bond motifs is 10. The summed E-state index contributed by atoms with van der Waals surface area (Å²) in [7, 11) is 0. The summed E-state index contributed by atoms with van der Waals surface area (Å²) >= 11 is 0. The molecule has 122 valence electrons. The molecule has 0 saturated heterocycles. The molecular weight excluding hydrogens is 316 g/mol. The third kappa shape index (κ3) is 1.45. The van der Waals surface area contributed by atoms with Crippen LogP contribution in [0.5, 0.6) is 0 Å². The van der Waals surface area contributed by atoms with Crippen molar-refractivity contribution in [3.63, 3.8) is 0 Å². The summed E-state index contributed by atoms with van der Waals surface area (Å²) in [6, 6.07) is 24.1. The highest BCUT2D eigenvalue weighted by Crippen LogP contribution is 2.61. The van der Waals surface area contributed by atoms with Crippen molar-refractivity contribution in [2.24, 2.45) is 0 Å². The summed E-state index contributed by atoms with van der Waals surface area (Å²) in [6.45, 7) is 2.17. The van der Waals surface area contributed by atoms with Gasteiger partial charge in [-0.2, -0.15) is 0 Å². The summed E-state index contributed by atoms with van der Waals surface area (Å²) in [5.41, 5.74) is 10.8. The van der Waals surface area contributed by atoms with Gasteiger partial charge < -0.3 is 0 Å². The molecule has 0 atom stereocenters. The molecule has 0 amide bonds. The van der Waals surface area contributed by atoms with E-state index in [9.17, 15) is 0 Å². The van der Waals surface area contributed by atoms with Gasteiger partial charge >= 0.3 is 0 Å². The monoisotopic (exact) mass is 332 g/mol. The van der Waals surface area contributed by atoms with E-state index in [4.69, 9.17) is 9.97 Å². The summed E-state index contributed by atoms with van der Waals surface area (Å²) in [5, 5.41) is 0. The summed E-state index contributed by atoms with van der Waals surface area (Å²) in [5.74, 6) is 0. The van der Waals surface area contributed by atoms with Crippen LogP contribution in [0.2, 0.25) is 0 Å². The maximum Gasteiger partial charge on any atom is 0.0937 e. The van der Waals surface area contributed by atoms with Crippen LogP contribution >= 0.6 is 0 Å². The minimum atomic E-state index is -0.314. The Morgan fingerprint density at radius 2 is 1.23 bits per heavy atom. The highest BCUT2D eigenvalue weighted by atomic mass is 14.8. The van der Waals surface area contributed by atoms with Crippen LogP contribution in [-0.2, 0) is 5.41 Å². The smallest absolute Gasteiger partial charge is 0.0937 e. The van der Waals surface area contributed by atoms with Crippen molar-refractivity contribution in [3.8, 4) is 22.5 Å².